The summed E-state index contributed by atoms with van der Waals surface area (Å²) in [6.45, 7) is 5.49. The van der Waals surface area contributed by atoms with Crippen LogP contribution in [0.4, 0.5) is 10.1 Å². The number of carbonyl (C=O) groups is 1. The largest absolute Gasteiger partial charge is 0.477 e. The molecule has 1 aliphatic carbocycles. The van der Waals surface area contributed by atoms with E-state index in [0.29, 0.717) is 30.3 Å². The van der Waals surface area contributed by atoms with Crippen molar-refractivity contribution >= 4 is 34.2 Å². The van der Waals surface area contributed by atoms with Crippen LogP contribution in [0.2, 0.25) is 5.02 Å². The highest BCUT2D eigenvalue weighted by Crippen LogP contribution is 2.42. The van der Waals surface area contributed by atoms with E-state index in [4.69, 9.17) is 11.6 Å². The van der Waals surface area contributed by atoms with Crippen LogP contribution < -0.4 is 15.6 Å². The Morgan fingerprint density at radius 3 is 2.67 bits per heavy atom. The zero-order chi connectivity index (χ0) is 21.6. The summed E-state index contributed by atoms with van der Waals surface area (Å²) in [5.41, 5.74) is -0.313. The van der Waals surface area contributed by atoms with Gasteiger partial charge < -0.3 is 19.9 Å². The third-order valence-electron chi connectivity index (χ3n) is 5.91. The number of nitrogens with one attached hydrogen (secondary N) is 1. The minimum atomic E-state index is -1.31. The van der Waals surface area contributed by atoms with Gasteiger partial charge in [0.05, 0.1) is 21.6 Å². The van der Waals surface area contributed by atoms with Crippen LogP contribution in [0.1, 0.15) is 62.4 Å². The van der Waals surface area contributed by atoms with Gasteiger partial charge >= 0.3 is 5.97 Å². The van der Waals surface area contributed by atoms with E-state index in [-0.39, 0.29) is 28.1 Å². The number of benzene rings is 1. The van der Waals surface area contributed by atoms with Crippen LogP contribution in [-0.2, 0) is 0 Å². The Kier molecular flexibility index (Phi) is 5.77. The Bertz CT molecular complexity index is 1050. The smallest absolute Gasteiger partial charge is 0.341 e. The third-order valence-corrected chi connectivity index (χ3v) is 6.27. The molecule has 4 rings (SSSR count). The summed E-state index contributed by atoms with van der Waals surface area (Å²) in [4.78, 5) is 26.3. The maximum Gasteiger partial charge on any atom is 0.341 e. The van der Waals surface area contributed by atoms with E-state index >= 15 is 4.39 Å². The molecule has 0 amide bonds. The summed E-state index contributed by atoms with van der Waals surface area (Å²) in [7, 11) is 0. The van der Waals surface area contributed by atoms with E-state index in [1.807, 2.05) is 4.90 Å². The van der Waals surface area contributed by atoms with Gasteiger partial charge in [-0.25, -0.2) is 9.18 Å². The zero-order valence-corrected chi connectivity index (χ0v) is 18.0. The fourth-order valence-corrected chi connectivity index (χ4v) is 4.88. The molecule has 1 aromatic carbocycles. The molecule has 6 nitrogen and oxygen atoms in total. The number of nitrogens with zero attached hydrogens (tertiary/aromatic N) is 2. The lowest BCUT2D eigenvalue weighted by Gasteiger charge is -2.30. The van der Waals surface area contributed by atoms with Gasteiger partial charge in [0.25, 0.3) is 0 Å². The molecule has 2 aromatic rings. The van der Waals surface area contributed by atoms with Crippen molar-refractivity contribution in [3.05, 3.63) is 38.9 Å². The van der Waals surface area contributed by atoms with Crippen LogP contribution in [0.15, 0.2) is 17.1 Å². The number of carboxylic acid groups (broad SMARTS) is 1. The molecule has 0 spiro atoms. The van der Waals surface area contributed by atoms with Gasteiger partial charge in [-0.15, -0.1) is 0 Å². The first-order chi connectivity index (χ1) is 14.3. The number of hydrogen-bond donors (Lipinski definition) is 2. The molecule has 1 saturated heterocycles. The van der Waals surface area contributed by atoms with Crippen LogP contribution in [0.5, 0.6) is 0 Å². The molecule has 0 bridgehead atoms. The molecule has 1 aliphatic heterocycles. The Labute approximate surface area is 179 Å². The van der Waals surface area contributed by atoms with Crippen molar-refractivity contribution in [3.63, 3.8) is 0 Å². The second-order valence-corrected chi connectivity index (χ2v) is 9.07. The molecule has 8 heteroatoms. The SMILES string of the molecule is CC(C)NC1CCCCN(c2c(F)cc3c(=O)c(C(=O)O)cn(C4CC4)c3c2Cl)C1. The quantitative estimate of drug-likeness (QED) is 0.736. The summed E-state index contributed by atoms with van der Waals surface area (Å²) in [6.07, 6.45) is 6.11. The first-order valence-corrected chi connectivity index (χ1v) is 11.0. The van der Waals surface area contributed by atoms with Crippen LogP contribution in [0.25, 0.3) is 10.9 Å². The second-order valence-electron chi connectivity index (χ2n) is 8.69. The monoisotopic (exact) mass is 435 g/mol. The Hall–Kier alpha value is -2.12. The molecule has 0 radical (unpaired) electrons. The maximum absolute atomic E-state index is 15.3. The molecule has 2 fully saturated rings. The fraction of sp³-hybridized carbons (Fsp3) is 0.545. The highest BCUT2D eigenvalue weighted by molar-refractivity contribution is 6.38. The van der Waals surface area contributed by atoms with E-state index in [0.717, 1.165) is 32.1 Å². The lowest BCUT2D eigenvalue weighted by Crippen LogP contribution is -2.43. The number of pyridine rings is 1. The van der Waals surface area contributed by atoms with Gasteiger partial charge in [-0.3, -0.25) is 4.79 Å². The highest BCUT2D eigenvalue weighted by Gasteiger charge is 2.31. The number of halogens is 2. The van der Waals surface area contributed by atoms with Crippen molar-refractivity contribution in [2.45, 2.75) is 64.1 Å². The van der Waals surface area contributed by atoms with Crippen LogP contribution in [0, 0.1) is 5.82 Å². The van der Waals surface area contributed by atoms with E-state index in [9.17, 15) is 14.7 Å². The number of carboxylic acids is 1. The minimum absolute atomic E-state index is 0.0275. The van der Waals surface area contributed by atoms with Gasteiger partial charge in [0.1, 0.15) is 11.4 Å². The molecule has 1 aromatic heterocycles. The number of rotatable bonds is 5. The van der Waals surface area contributed by atoms with E-state index in [1.165, 1.54) is 12.3 Å². The van der Waals surface area contributed by atoms with E-state index in [2.05, 4.69) is 19.2 Å². The van der Waals surface area contributed by atoms with Crippen molar-refractivity contribution in [1.82, 2.24) is 9.88 Å². The fourth-order valence-electron chi connectivity index (χ4n) is 4.47. The molecular formula is C22H27ClFN3O3. The van der Waals surface area contributed by atoms with Crippen molar-refractivity contribution in [2.24, 2.45) is 0 Å². The van der Waals surface area contributed by atoms with Crippen molar-refractivity contribution in [1.29, 1.82) is 0 Å². The first kappa shape index (κ1) is 21.1. The minimum Gasteiger partial charge on any atom is -0.477 e. The number of aromatic nitrogens is 1. The highest BCUT2D eigenvalue weighted by atomic mass is 35.5. The Balaban J connectivity index is 1.87. The molecule has 2 aliphatic rings. The first-order valence-electron chi connectivity index (χ1n) is 10.6. The average molecular weight is 436 g/mol. The van der Waals surface area contributed by atoms with E-state index < -0.39 is 17.2 Å². The molecule has 1 unspecified atom stereocenters. The van der Waals surface area contributed by atoms with Gasteiger partial charge in [-0.2, -0.15) is 0 Å². The molecular weight excluding hydrogens is 409 g/mol. The van der Waals surface area contributed by atoms with Gasteiger partial charge in [0, 0.05) is 37.4 Å². The summed E-state index contributed by atoms with van der Waals surface area (Å²) in [5, 5.41) is 13.2. The molecule has 2 heterocycles. The van der Waals surface area contributed by atoms with Crippen molar-refractivity contribution in [2.75, 3.05) is 18.0 Å². The average Bonchev–Trinajstić information content (AvgIpc) is 3.50. The number of hydrogen-bond acceptors (Lipinski definition) is 4. The van der Waals surface area contributed by atoms with Crippen LogP contribution in [0.3, 0.4) is 0 Å². The van der Waals surface area contributed by atoms with Gasteiger partial charge in [0.15, 0.2) is 0 Å². The predicted octanol–water partition coefficient (Wildman–Crippen LogP) is 4.18. The molecule has 2 N–H and O–H groups in total. The Morgan fingerprint density at radius 2 is 2.03 bits per heavy atom. The summed E-state index contributed by atoms with van der Waals surface area (Å²) < 4.78 is 17.1. The third kappa shape index (κ3) is 3.93. The van der Waals surface area contributed by atoms with Gasteiger partial charge in [-0.1, -0.05) is 31.9 Å². The second kappa shape index (κ2) is 8.19. The summed E-state index contributed by atoms with van der Waals surface area (Å²) >= 11 is 6.76. The topological polar surface area (TPSA) is 74.6 Å². The molecule has 162 valence electrons. The van der Waals surface area contributed by atoms with Crippen LogP contribution >= 0.6 is 11.6 Å². The number of anilines is 1. The van der Waals surface area contributed by atoms with Gasteiger partial charge in [-0.05, 0) is 31.7 Å². The van der Waals surface area contributed by atoms with E-state index in [1.54, 1.807) is 4.57 Å². The van der Waals surface area contributed by atoms with Gasteiger partial charge in [0.2, 0.25) is 5.43 Å². The summed E-state index contributed by atoms with van der Waals surface area (Å²) in [5.74, 6) is -1.90. The number of fused-ring (bicyclic) bond motifs is 1. The standard InChI is InChI=1S/C22H27ClFN3O3/c1-12(2)25-13-5-3-4-8-26(10-13)20-17(24)9-15-19(18(20)23)27(14-6-7-14)11-16(21(15)28)22(29)30/h9,11-14,25H,3-8,10H2,1-2H3,(H,29,30). The molecule has 1 saturated carbocycles. The number of aromatic carboxylic acids is 1. The normalized spacial score (nSPS) is 20.0. The zero-order valence-electron chi connectivity index (χ0n) is 17.3. The molecule has 30 heavy (non-hydrogen) atoms. The van der Waals surface area contributed by atoms with Crippen molar-refractivity contribution in [3.8, 4) is 0 Å². The molecule has 1 atom stereocenters. The maximum atomic E-state index is 15.3. The Morgan fingerprint density at radius 1 is 1.30 bits per heavy atom. The van der Waals surface area contributed by atoms with Crippen molar-refractivity contribution < 1.29 is 14.3 Å². The predicted molar refractivity (Wildman–Crippen MR) is 117 cm³/mol. The summed E-state index contributed by atoms with van der Waals surface area (Å²) in [6, 6.07) is 1.79. The lowest BCUT2D eigenvalue weighted by molar-refractivity contribution is 0.0695. The van der Waals surface area contributed by atoms with Crippen LogP contribution in [-0.4, -0.2) is 40.8 Å². The lowest BCUT2D eigenvalue weighted by atomic mass is 10.1.